The molecule has 8 rings (SSSR count). The molecule has 0 atom stereocenters. The van der Waals surface area contributed by atoms with E-state index in [2.05, 4.69) is 179 Å². The maximum absolute atomic E-state index is 2.42. The van der Waals surface area contributed by atoms with Gasteiger partial charge in [-0.05, 0) is 89.5 Å². The molecule has 210 valence electrons. The number of para-hydroxylation sites is 1. The van der Waals surface area contributed by atoms with Crippen LogP contribution in [0.1, 0.15) is 28.8 Å². The molecule has 44 heavy (non-hydrogen) atoms. The van der Waals surface area contributed by atoms with Crippen LogP contribution in [0, 0.1) is 0 Å². The minimum Gasteiger partial charge on any atom is -0.310 e. The van der Waals surface area contributed by atoms with Gasteiger partial charge in [0.2, 0.25) is 0 Å². The number of hydrogen-bond acceptors (Lipinski definition) is 1. The van der Waals surface area contributed by atoms with Crippen molar-refractivity contribution in [1.29, 1.82) is 0 Å². The summed E-state index contributed by atoms with van der Waals surface area (Å²) in [5.74, 6) is 0. The van der Waals surface area contributed by atoms with Gasteiger partial charge in [0.1, 0.15) is 0 Å². The molecular weight excluding hydrogens is 532 g/mol. The molecule has 1 aromatic heterocycles. The molecule has 1 heterocycles. The normalized spacial score (nSPS) is 12.6. The highest BCUT2D eigenvalue weighted by Gasteiger charge is 2.21. The lowest BCUT2D eigenvalue weighted by Crippen LogP contribution is -2.10. The second-order valence-electron chi connectivity index (χ2n) is 11.3. The maximum Gasteiger partial charge on any atom is 0.0540 e. The van der Waals surface area contributed by atoms with Gasteiger partial charge >= 0.3 is 0 Å². The Labute approximate surface area is 258 Å². The first-order valence-corrected chi connectivity index (χ1v) is 15.3. The van der Waals surface area contributed by atoms with Crippen molar-refractivity contribution in [1.82, 2.24) is 4.57 Å². The topological polar surface area (TPSA) is 8.17 Å². The Morgan fingerprint density at radius 2 is 1.25 bits per heavy atom. The molecule has 0 unspecified atom stereocenters. The summed E-state index contributed by atoms with van der Waals surface area (Å²) in [6.07, 6.45) is 11.1. The standard InChI is InChI=1S/C42H32N2/c1-3-12-31(13-4-1)22-23-32-24-26-35(27-25-32)43(40-21-11-15-33-14-7-8-18-37(33)40)36-28-29-42-39(30-36)38-19-9-10-20-41(38)44(42)34-16-5-2-6-17-34/h1-8,10-18,20-30H,9,19H2/b23-22+. The summed E-state index contributed by atoms with van der Waals surface area (Å²) in [7, 11) is 0. The Hall–Kier alpha value is -5.60. The quantitative estimate of drug-likeness (QED) is 0.182. The van der Waals surface area contributed by atoms with E-state index in [-0.39, 0.29) is 0 Å². The van der Waals surface area contributed by atoms with Crippen molar-refractivity contribution in [3.05, 3.63) is 174 Å². The van der Waals surface area contributed by atoms with Crippen molar-refractivity contribution in [2.24, 2.45) is 0 Å². The third-order valence-corrected chi connectivity index (χ3v) is 8.63. The lowest BCUT2D eigenvalue weighted by Gasteiger charge is -2.27. The van der Waals surface area contributed by atoms with Crippen LogP contribution in [-0.4, -0.2) is 4.57 Å². The molecule has 6 aromatic carbocycles. The van der Waals surface area contributed by atoms with Crippen molar-refractivity contribution < 1.29 is 0 Å². The minimum absolute atomic E-state index is 1.04. The Morgan fingerprint density at radius 1 is 0.568 bits per heavy atom. The average Bonchev–Trinajstić information content (AvgIpc) is 3.43. The number of aryl methyl sites for hydroxylation is 1. The summed E-state index contributed by atoms with van der Waals surface area (Å²) in [5, 5.41) is 3.78. The summed E-state index contributed by atoms with van der Waals surface area (Å²) in [6.45, 7) is 0. The molecule has 2 nitrogen and oxygen atoms in total. The van der Waals surface area contributed by atoms with E-state index in [0.717, 1.165) is 24.2 Å². The van der Waals surface area contributed by atoms with E-state index in [4.69, 9.17) is 0 Å². The highest BCUT2D eigenvalue weighted by atomic mass is 15.1. The molecule has 0 fully saturated rings. The Kier molecular flexibility index (Phi) is 6.66. The zero-order chi connectivity index (χ0) is 29.3. The average molecular weight is 565 g/mol. The first kappa shape index (κ1) is 26.1. The number of allylic oxidation sites excluding steroid dienone is 1. The lowest BCUT2D eigenvalue weighted by atomic mass is 10.00. The van der Waals surface area contributed by atoms with Gasteiger partial charge in [-0.3, -0.25) is 0 Å². The summed E-state index contributed by atoms with van der Waals surface area (Å²) < 4.78 is 2.42. The number of anilines is 3. The highest BCUT2D eigenvalue weighted by molar-refractivity contribution is 6.01. The van der Waals surface area contributed by atoms with Gasteiger partial charge in [0.05, 0.1) is 11.2 Å². The van der Waals surface area contributed by atoms with E-state index in [1.54, 1.807) is 0 Å². The first-order valence-electron chi connectivity index (χ1n) is 15.3. The monoisotopic (exact) mass is 564 g/mol. The maximum atomic E-state index is 2.42. The van der Waals surface area contributed by atoms with Crippen LogP contribution in [0.15, 0.2) is 152 Å². The molecule has 0 radical (unpaired) electrons. The van der Waals surface area contributed by atoms with E-state index >= 15 is 0 Å². The van der Waals surface area contributed by atoms with Crippen molar-refractivity contribution in [3.63, 3.8) is 0 Å². The second kappa shape index (κ2) is 11.2. The predicted molar refractivity (Wildman–Crippen MR) is 188 cm³/mol. The molecule has 1 aliphatic rings. The lowest BCUT2D eigenvalue weighted by molar-refractivity contribution is 0.967. The van der Waals surface area contributed by atoms with Crippen LogP contribution in [0.3, 0.4) is 0 Å². The van der Waals surface area contributed by atoms with E-state index < -0.39 is 0 Å². The molecule has 0 spiro atoms. The van der Waals surface area contributed by atoms with Crippen LogP contribution in [0.25, 0.3) is 45.6 Å². The van der Waals surface area contributed by atoms with Gasteiger partial charge in [-0.25, -0.2) is 0 Å². The summed E-state index contributed by atoms with van der Waals surface area (Å²) in [4.78, 5) is 2.41. The Morgan fingerprint density at radius 3 is 2.07 bits per heavy atom. The number of nitrogens with zero attached hydrogens (tertiary/aromatic N) is 2. The van der Waals surface area contributed by atoms with E-state index in [9.17, 15) is 0 Å². The van der Waals surface area contributed by atoms with Crippen LogP contribution < -0.4 is 4.90 Å². The van der Waals surface area contributed by atoms with Gasteiger partial charge in [0.15, 0.2) is 0 Å². The van der Waals surface area contributed by atoms with Crippen LogP contribution in [-0.2, 0) is 6.42 Å². The summed E-state index contributed by atoms with van der Waals surface area (Å²) in [6, 6.07) is 52.3. The van der Waals surface area contributed by atoms with Crippen LogP contribution in [0.2, 0.25) is 0 Å². The Balaban J connectivity index is 1.29. The van der Waals surface area contributed by atoms with Crippen molar-refractivity contribution in [2.45, 2.75) is 12.8 Å². The summed E-state index contributed by atoms with van der Waals surface area (Å²) in [5.41, 5.74) is 11.0. The largest absolute Gasteiger partial charge is 0.310 e. The van der Waals surface area contributed by atoms with Crippen molar-refractivity contribution in [2.75, 3.05) is 4.90 Å². The number of hydrogen-bond donors (Lipinski definition) is 0. The first-order chi connectivity index (χ1) is 21.8. The third kappa shape index (κ3) is 4.71. The van der Waals surface area contributed by atoms with Gasteiger partial charge < -0.3 is 9.47 Å². The molecule has 2 heteroatoms. The third-order valence-electron chi connectivity index (χ3n) is 8.63. The van der Waals surface area contributed by atoms with Gasteiger partial charge in [-0.15, -0.1) is 0 Å². The zero-order valence-electron chi connectivity index (χ0n) is 24.5. The smallest absolute Gasteiger partial charge is 0.0540 e. The Bertz CT molecular complexity index is 2140. The van der Waals surface area contributed by atoms with Crippen LogP contribution >= 0.6 is 0 Å². The molecule has 0 amide bonds. The van der Waals surface area contributed by atoms with Crippen LogP contribution in [0.4, 0.5) is 17.1 Å². The second-order valence-corrected chi connectivity index (χ2v) is 11.3. The van der Waals surface area contributed by atoms with Crippen molar-refractivity contribution in [3.8, 4) is 5.69 Å². The van der Waals surface area contributed by atoms with E-state index in [1.807, 2.05) is 0 Å². The van der Waals surface area contributed by atoms with Gasteiger partial charge in [0.25, 0.3) is 0 Å². The minimum atomic E-state index is 1.04. The summed E-state index contributed by atoms with van der Waals surface area (Å²) >= 11 is 0. The van der Waals surface area contributed by atoms with Gasteiger partial charge in [-0.2, -0.15) is 0 Å². The predicted octanol–water partition coefficient (Wildman–Crippen LogP) is 11.4. The van der Waals surface area contributed by atoms with E-state index in [1.165, 1.54) is 55.4 Å². The number of rotatable bonds is 6. The van der Waals surface area contributed by atoms with Gasteiger partial charge in [-0.1, -0.05) is 115 Å². The molecule has 1 aliphatic carbocycles. The van der Waals surface area contributed by atoms with Crippen LogP contribution in [0.5, 0.6) is 0 Å². The van der Waals surface area contributed by atoms with Crippen molar-refractivity contribution >= 4 is 57.0 Å². The molecule has 0 saturated heterocycles. The SMILES string of the molecule is C1=Cc2c(c3cc(N(c4ccc(/C=C/c5ccccc5)cc4)c4cccc5ccccc45)ccc3n2-c2ccccc2)CC1. The highest BCUT2D eigenvalue weighted by Crippen LogP contribution is 2.42. The zero-order valence-corrected chi connectivity index (χ0v) is 24.5. The fraction of sp³-hybridized carbons (Fsp3) is 0.0476. The molecule has 0 bridgehead atoms. The molecule has 0 aliphatic heterocycles. The fourth-order valence-electron chi connectivity index (χ4n) is 6.54. The number of benzene rings is 6. The number of fused-ring (bicyclic) bond motifs is 4. The molecule has 0 saturated carbocycles. The van der Waals surface area contributed by atoms with E-state index in [0.29, 0.717) is 0 Å². The molecule has 7 aromatic rings. The molecule has 0 N–H and O–H groups in total. The number of aromatic nitrogens is 1. The van der Waals surface area contributed by atoms with Gasteiger partial charge in [0, 0.05) is 33.5 Å². The molecular formula is C42H32N2. The fourth-order valence-corrected chi connectivity index (χ4v) is 6.54.